The number of halogens is 1. The van der Waals surface area contributed by atoms with Crippen LogP contribution in [0.2, 0.25) is 0 Å². The summed E-state index contributed by atoms with van der Waals surface area (Å²) in [5.41, 5.74) is 0.662. The van der Waals surface area contributed by atoms with E-state index >= 15 is 0 Å². The SMILES string of the molecule is CCOC(=O)N1CCN(C(=O)c2csc(CSc3nnc(-c4ccco4)n3-c3ccccc3F)n2)CC1. The molecular formula is C24H23FN6O4S2. The number of hydrogen-bond acceptors (Lipinski definition) is 9. The largest absolute Gasteiger partial charge is 0.461 e. The molecule has 0 unspecified atom stereocenters. The van der Waals surface area contributed by atoms with Crippen molar-refractivity contribution < 1.29 is 23.1 Å². The molecule has 10 nitrogen and oxygen atoms in total. The Morgan fingerprint density at radius 2 is 1.89 bits per heavy atom. The van der Waals surface area contributed by atoms with Gasteiger partial charge in [0.05, 0.1) is 24.3 Å². The van der Waals surface area contributed by atoms with Crippen LogP contribution in [0.25, 0.3) is 17.3 Å². The molecule has 2 amide bonds. The third-order valence-electron chi connectivity index (χ3n) is 5.66. The number of thioether (sulfide) groups is 1. The summed E-state index contributed by atoms with van der Waals surface area (Å²) >= 11 is 2.71. The fourth-order valence-electron chi connectivity index (χ4n) is 3.85. The number of para-hydroxylation sites is 1. The fraction of sp³-hybridized carbons (Fsp3) is 0.292. The van der Waals surface area contributed by atoms with E-state index in [9.17, 15) is 14.0 Å². The Hall–Kier alpha value is -3.71. The highest BCUT2D eigenvalue weighted by Crippen LogP contribution is 2.31. The lowest BCUT2D eigenvalue weighted by Gasteiger charge is -2.33. The van der Waals surface area contributed by atoms with Gasteiger partial charge in [-0.15, -0.1) is 21.5 Å². The predicted molar refractivity (Wildman–Crippen MR) is 135 cm³/mol. The zero-order valence-electron chi connectivity index (χ0n) is 19.9. The molecule has 1 aliphatic heterocycles. The normalized spacial score (nSPS) is 13.7. The minimum Gasteiger partial charge on any atom is -0.461 e. The topological polar surface area (TPSA) is 107 Å². The highest BCUT2D eigenvalue weighted by atomic mass is 32.2. The molecule has 0 aliphatic carbocycles. The van der Waals surface area contributed by atoms with Gasteiger partial charge in [-0.05, 0) is 31.2 Å². The Balaban J connectivity index is 1.27. The summed E-state index contributed by atoms with van der Waals surface area (Å²) in [6.45, 7) is 3.75. The summed E-state index contributed by atoms with van der Waals surface area (Å²) in [6.07, 6.45) is 1.16. The number of furan rings is 1. The number of carbonyl (C=O) groups excluding carboxylic acids is 2. The second-order valence-corrected chi connectivity index (χ2v) is 9.85. The summed E-state index contributed by atoms with van der Waals surface area (Å²) in [6, 6.07) is 9.85. The first kappa shape index (κ1) is 25.0. The number of rotatable bonds is 7. The molecule has 1 fully saturated rings. The van der Waals surface area contributed by atoms with Crippen molar-refractivity contribution in [1.82, 2.24) is 29.5 Å². The summed E-state index contributed by atoms with van der Waals surface area (Å²) in [4.78, 5) is 32.6. The monoisotopic (exact) mass is 542 g/mol. The maximum atomic E-state index is 14.7. The van der Waals surface area contributed by atoms with Gasteiger partial charge in [-0.1, -0.05) is 23.9 Å². The maximum absolute atomic E-state index is 14.7. The molecule has 13 heteroatoms. The molecule has 5 rings (SSSR count). The van der Waals surface area contributed by atoms with Gasteiger partial charge in [0.2, 0.25) is 5.82 Å². The Morgan fingerprint density at radius 1 is 1.11 bits per heavy atom. The molecule has 1 aromatic carbocycles. The second kappa shape index (κ2) is 11.1. The third kappa shape index (κ3) is 5.37. The zero-order valence-corrected chi connectivity index (χ0v) is 21.5. The van der Waals surface area contributed by atoms with Crippen LogP contribution in [0.5, 0.6) is 0 Å². The van der Waals surface area contributed by atoms with Crippen molar-refractivity contribution in [2.24, 2.45) is 0 Å². The van der Waals surface area contributed by atoms with Gasteiger partial charge in [-0.3, -0.25) is 9.36 Å². The van der Waals surface area contributed by atoms with Crippen molar-refractivity contribution in [3.05, 3.63) is 64.6 Å². The molecule has 0 atom stereocenters. The Morgan fingerprint density at radius 3 is 2.62 bits per heavy atom. The average molecular weight is 543 g/mol. The molecule has 37 heavy (non-hydrogen) atoms. The molecule has 4 aromatic rings. The van der Waals surface area contributed by atoms with Crippen LogP contribution in [0.3, 0.4) is 0 Å². The van der Waals surface area contributed by atoms with Gasteiger partial charge >= 0.3 is 6.09 Å². The summed E-state index contributed by atoms with van der Waals surface area (Å²) < 4.78 is 26.8. The molecule has 0 bridgehead atoms. The molecule has 1 saturated heterocycles. The van der Waals surface area contributed by atoms with Gasteiger partial charge in [-0.25, -0.2) is 14.2 Å². The summed E-state index contributed by atoms with van der Waals surface area (Å²) in [5.74, 6) is 0.675. The number of hydrogen-bond donors (Lipinski definition) is 0. The van der Waals surface area contributed by atoms with Gasteiger partial charge in [0.1, 0.15) is 16.5 Å². The summed E-state index contributed by atoms with van der Waals surface area (Å²) in [7, 11) is 0. The van der Waals surface area contributed by atoms with E-state index in [1.807, 2.05) is 0 Å². The number of amides is 2. The number of ether oxygens (including phenoxy) is 1. The van der Waals surface area contributed by atoms with Crippen molar-refractivity contribution in [1.29, 1.82) is 0 Å². The van der Waals surface area contributed by atoms with Crippen molar-refractivity contribution >= 4 is 35.1 Å². The minimum absolute atomic E-state index is 0.175. The quantitative estimate of drug-likeness (QED) is 0.318. The lowest BCUT2D eigenvalue weighted by Crippen LogP contribution is -2.50. The lowest BCUT2D eigenvalue weighted by atomic mass is 10.3. The second-order valence-electron chi connectivity index (χ2n) is 7.96. The first-order valence-electron chi connectivity index (χ1n) is 11.6. The van der Waals surface area contributed by atoms with Crippen LogP contribution >= 0.6 is 23.1 Å². The van der Waals surface area contributed by atoms with Crippen LogP contribution in [0.1, 0.15) is 22.4 Å². The molecular weight excluding hydrogens is 519 g/mol. The van der Waals surface area contributed by atoms with E-state index < -0.39 is 5.82 Å². The van der Waals surface area contributed by atoms with Gasteiger partial charge in [0.15, 0.2) is 10.9 Å². The maximum Gasteiger partial charge on any atom is 0.409 e. The van der Waals surface area contributed by atoms with Crippen molar-refractivity contribution in [2.45, 2.75) is 17.8 Å². The number of aromatic nitrogens is 4. The predicted octanol–water partition coefficient (Wildman–Crippen LogP) is 4.33. The minimum atomic E-state index is -0.415. The van der Waals surface area contributed by atoms with Crippen molar-refractivity contribution in [2.75, 3.05) is 32.8 Å². The Kier molecular flexibility index (Phi) is 7.51. The van der Waals surface area contributed by atoms with E-state index in [0.717, 1.165) is 5.01 Å². The fourth-order valence-corrected chi connectivity index (χ4v) is 5.58. The first-order valence-corrected chi connectivity index (χ1v) is 13.4. The molecule has 192 valence electrons. The average Bonchev–Trinajstić information content (AvgIpc) is 3.69. The molecule has 0 spiro atoms. The van der Waals surface area contributed by atoms with E-state index in [1.54, 1.807) is 57.0 Å². The van der Waals surface area contributed by atoms with Crippen molar-refractivity contribution in [3.8, 4) is 17.3 Å². The van der Waals surface area contributed by atoms with Crippen LogP contribution in [0, 0.1) is 5.82 Å². The molecule has 0 radical (unpaired) electrons. The number of thiazole rings is 1. The Bertz CT molecular complexity index is 1380. The van der Waals surface area contributed by atoms with Crippen LogP contribution in [0.15, 0.2) is 57.6 Å². The lowest BCUT2D eigenvalue weighted by molar-refractivity contribution is 0.0566. The van der Waals surface area contributed by atoms with Crippen LogP contribution in [-0.4, -0.2) is 74.3 Å². The smallest absolute Gasteiger partial charge is 0.409 e. The molecule has 3 aromatic heterocycles. The van der Waals surface area contributed by atoms with Crippen LogP contribution in [0.4, 0.5) is 9.18 Å². The van der Waals surface area contributed by atoms with Gasteiger partial charge in [0.25, 0.3) is 5.91 Å². The van der Waals surface area contributed by atoms with E-state index in [1.165, 1.54) is 35.4 Å². The standard InChI is InChI=1S/C24H23FN6O4S2/c1-2-34-24(33)30-11-9-29(10-12-30)22(32)17-14-36-20(26-17)15-37-23-28-27-21(19-8-5-13-35-19)31(23)18-7-4-3-6-16(18)25/h3-8,13-14H,2,9-12,15H2,1H3. The molecule has 4 heterocycles. The van der Waals surface area contributed by atoms with E-state index in [4.69, 9.17) is 9.15 Å². The van der Waals surface area contributed by atoms with E-state index in [0.29, 0.717) is 66.7 Å². The van der Waals surface area contributed by atoms with Crippen molar-refractivity contribution in [3.63, 3.8) is 0 Å². The highest BCUT2D eigenvalue weighted by Gasteiger charge is 2.27. The van der Waals surface area contributed by atoms with Gasteiger partial charge in [-0.2, -0.15) is 0 Å². The van der Waals surface area contributed by atoms with E-state index in [2.05, 4.69) is 15.2 Å². The number of benzene rings is 1. The van der Waals surface area contributed by atoms with Gasteiger partial charge in [0, 0.05) is 31.6 Å². The Labute approximate surface area is 220 Å². The van der Waals surface area contributed by atoms with Crippen LogP contribution < -0.4 is 0 Å². The first-order chi connectivity index (χ1) is 18.0. The van der Waals surface area contributed by atoms with Crippen LogP contribution in [-0.2, 0) is 10.5 Å². The third-order valence-corrected chi connectivity index (χ3v) is 7.63. The highest BCUT2D eigenvalue weighted by molar-refractivity contribution is 7.98. The van der Waals surface area contributed by atoms with Gasteiger partial charge < -0.3 is 19.0 Å². The van der Waals surface area contributed by atoms with E-state index in [-0.39, 0.29) is 12.0 Å². The zero-order chi connectivity index (χ0) is 25.8. The summed E-state index contributed by atoms with van der Waals surface area (Å²) in [5, 5.41) is 11.4. The number of piperazine rings is 1. The molecule has 1 aliphatic rings. The number of nitrogens with zero attached hydrogens (tertiary/aromatic N) is 6. The molecule has 0 saturated carbocycles. The molecule has 0 N–H and O–H groups in total. The number of carbonyl (C=O) groups is 2.